The van der Waals surface area contributed by atoms with E-state index in [-0.39, 0.29) is 11.4 Å². The molecule has 1 atom stereocenters. The van der Waals surface area contributed by atoms with Gasteiger partial charge in [-0.3, -0.25) is 14.7 Å². The van der Waals surface area contributed by atoms with Crippen molar-refractivity contribution < 1.29 is 24.1 Å². The number of aliphatic hydroxyl groups excluding tert-OH is 1. The maximum atomic E-state index is 13.3. The molecule has 0 bridgehead atoms. The molecule has 1 aliphatic heterocycles. The highest BCUT2D eigenvalue weighted by Gasteiger charge is 2.41. The summed E-state index contributed by atoms with van der Waals surface area (Å²) in [5.74, 6) is 5.29. The lowest BCUT2D eigenvalue weighted by Gasteiger charge is -2.38. The number of piperidine rings is 1. The lowest BCUT2D eigenvalue weighted by molar-refractivity contribution is -0.153. The number of hydrogen-bond acceptors (Lipinski definition) is 5. The van der Waals surface area contributed by atoms with Gasteiger partial charge in [0.1, 0.15) is 11.6 Å². The molecule has 0 aliphatic carbocycles. The van der Waals surface area contributed by atoms with E-state index in [1.165, 1.54) is 18.3 Å². The van der Waals surface area contributed by atoms with Gasteiger partial charge in [-0.25, -0.2) is 4.39 Å². The molecule has 37 heavy (non-hydrogen) atoms. The van der Waals surface area contributed by atoms with Crippen LogP contribution in [0.2, 0.25) is 10.0 Å². The average molecular weight is 545 g/mol. The number of nitrogens with zero attached hydrogens (tertiary/aromatic N) is 2. The van der Waals surface area contributed by atoms with Crippen molar-refractivity contribution in [2.45, 2.75) is 31.8 Å². The molecule has 0 unspecified atom stereocenters. The van der Waals surface area contributed by atoms with Crippen LogP contribution in [-0.4, -0.2) is 52.8 Å². The molecule has 1 aromatic heterocycles. The fourth-order valence-electron chi connectivity index (χ4n) is 4.73. The van der Waals surface area contributed by atoms with Gasteiger partial charge in [0.25, 0.3) is 0 Å². The number of fused-ring (bicyclic) bond motifs is 1. The monoisotopic (exact) mass is 544 g/mol. The minimum atomic E-state index is -0.951. The van der Waals surface area contributed by atoms with Crippen molar-refractivity contribution in [1.29, 1.82) is 0 Å². The second-order valence-electron chi connectivity index (χ2n) is 9.25. The summed E-state index contributed by atoms with van der Waals surface area (Å²) in [5, 5.41) is 22.2. The van der Waals surface area contributed by atoms with Crippen molar-refractivity contribution in [3.05, 3.63) is 69.6 Å². The average Bonchev–Trinajstić information content (AvgIpc) is 2.89. The summed E-state index contributed by atoms with van der Waals surface area (Å²) < 4.78 is 18.6. The van der Waals surface area contributed by atoms with Crippen LogP contribution in [0.5, 0.6) is 5.75 Å². The maximum absolute atomic E-state index is 13.3. The Morgan fingerprint density at radius 2 is 1.97 bits per heavy atom. The van der Waals surface area contributed by atoms with Gasteiger partial charge in [0.15, 0.2) is 0 Å². The molecule has 0 saturated carbocycles. The second kappa shape index (κ2) is 11.7. The molecule has 9 heteroatoms. The van der Waals surface area contributed by atoms with Crippen LogP contribution in [0.1, 0.15) is 42.9 Å². The van der Waals surface area contributed by atoms with Crippen LogP contribution < -0.4 is 4.74 Å². The summed E-state index contributed by atoms with van der Waals surface area (Å²) in [6.45, 7) is 1.60. The van der Waals surface area contributed by atoms with Gasteiger partial charge in [0.2, 0.25) is 0 Å². The number of carbonyl (C=O) groups is 1. The van der Waals surface area contributed by atoms with Crippen LogP contribution in [0, 0.1) is 23.1 Å². The number of rotatable bonds is 7. The molecule has 0 spiro atoms. The predicted molar refractivity (Wildman–Crippen MR) is 142 cm³/mol. The zero-order chi connectivity index (χ0) is 26.6. The van der Waals surface area contributed by atoms with E-state index in [0.717, 1.165) is 0 Å². The van der Waals surface area contributed by atoms with E-state index < -0.39 is 23.3 Å². The first-order valence-electron chi connectivity index (χ1n) is 11.9. The van der Waals surface area contributed by atoms with Gasteiger partial charge >= 0.3 is 5.97 Å². The van der Waals surface area contributed by atoms with E-state index in [4.69, 9.17) is 27.9 Å². The number of aromatic nitrogens is 1. The lowest BCUT2D eigenvalue weighted by Crippen LogP contribution is -2.44. The van der Waals surface area contributed by atoms with Gasteiger partial charge in [0, 0.05) is 35.8 Å². The number of halogens is 3. The van der Waals surface area contributed by atoms with E-state index >= 15 is 0 Å². The van der Waals surface area contributed by atoms with Crippen molar-refractivity contribution in [2.75, 3.05) is 26.7 Å². The van der Waals surface area contributed by atoms with Crippen LogP contribution in [0.15, 0.2) is 42.6 Å². The zero-order valence-corrected chi connectivity index (χ0v) is 21.8. The first kappa shape index (κ1) is 27.2. The summed E-state index contributed by atoms with van der Waals surface area (Å²) >= 11 is 12.2. The van der Waals surface area contributed by atoms with Crippen LogP contribution >= 0.6 is 23.2 Å². The normalized spacial score (nSPS) is 16.1. The minimum absolute atomic E-state index is 0.0263. The Morgan fingerprint density at radius 1 is 1.22 bits per heavy atom. The number of carboxylic acids is 1. The van der Waals surface area contributed by atoms with Gasteiger partial charge < -0.3 is 14.9 Å². The zero-order valence-electron chi connectivity index (χ0n) is 20.3. The third-order valence-corrected chi connectivity index (χ3v) is 7.61. The van der Waals surface area contributed by atoms with Gasteiger partial charge in [-0.1, -0.05) is 35.0 Å². The highest BCUT2D eigenvalue weighted by atomic mass is 35.5. The van der Waals surface area contributed by atoms with Gasteiger partial charge in [-0.15, -0.1) is 0 Å². The molecule has 2 heterocycles. The Labute approximate surface area is 225 Å². The fourth-order valence-corrected chi connectivity index (χ4v) is 5.19. The Morgan fingerprint density at radius 3 is 2.65 bits per heavy atom. The first-order valence-corrected chi connectivity index (χ1v) is 12.7. The van der Waals surface area contributed by atoms with Crippen molar-refractivity contribution in [3.8, 4) is 17.6 Å². The Balaban J connectivity index is 1.41. The maximum Gasteiger partial charge on any atom is 0.309 e. The number of carboxylic acid groups (broad SMARTS) is 1. The molecule has 0 radical (unpaired) electrons. The molecule has 1 aliphatic rings. The highest BCUT2D eigenvalue weighted by molar-refractivity contribution is 6.32. The number of aliphatic carboxylic acids is 1. The number of pyridine rings is 1. The van der Waals surface area contributed by atoms with Crippen LogP contribution in [-0.2, 0) is 4.79 Å². The summed E-state index contributed by atoms with van der Waals surface area (Å²) in [5.41, 5.74) is 0.879. The summed E-state index contributed by atoms with van der Waals surface area (Å²) in [4.78, 5) is 18.7. The highest BCUT2D eigenvalue weighted by Crippen LogP contribution is 2.41. The third kappa shape index (κ3) is 6.16. The van der Waals surface area contributed by atoms with Gasteiger partial charge in [-0.05, 0) is 62.1 Å². The number of hydrogen-bond donors (Lipinski definition) is 2. The molecule has 3 aromatic rings. The second-order valence-corrected chi connectivity index (χ2v) is 10.1. The van der Waals surface area contributed by atoms with Crippen molar-refractivity contribution >= 4 is 40.1 Å². The van der Waals surface area contributed by atoms with Gasteiger partial charge in [-0.2, -0.15) is 0 Å². The van der Waals surface area contributed by atoms with Crippen LogP contribution in [0.25, 0.3) is 10.9 Å². The van der Waals surface area contributed by atoms with E-state index in [1.54, 1.807) is 31.4 Å². The smallest absolute Gasteiger partial charge is 0.309 e. The molecule has 0 amide bonds. The summed E-state index contributed by atoms with van der Waals surface area (Å²) in [7, 11) is 1.56. The standard InChI is InChI=1S/C28H27Cl2FN2O4/c1-37-19-5-7-24-20(16-19)26(22(30)17-32-24)25(34)8-9-28(27(35)36)10-13-33(14-11-28)12-2-3-18-4-6-23(31)21(29)15-18/h4-7,15-17,25,34H,8-14H2,1H3,(H,35,36)/t25-/m1/s1. The molecule has 1 fully saturated rings. The number of ether oxygens (including phenoxy) is 1. The largest absolute Gasteiger partial charge is 0.497 e. The van der Waals surface area contributed by atoms with Gasteiger partial charge in [0.05, 0.1) is 40.7 Å². The van der Waals surface area contributed by atoms with Crippen LogP contribution in [0.4, 0.5) is 4.39 Å². The SMILES string of the molecule is COc1ccc2ncc(Cl)c([C@H](O)CCC3(C(=O)O)CCN(CC#Cc4ccc(F)c(Cl)c4)CC3)c2c1. The Hall–Kier alpha value is -2.89. The number of likely N-dealkylation sites (tertiary alicyclic amines) is 1. The quantitative estimate of drug-likeness (QED) is 0.370. The minimum Gasteiger partial charge on any atom is -0.497 e. The van der Waals surface area contributed by atoms with Crippen molar-refractivity contribution in [1.82, 2.24) is 9.88 Å². The van der Waals surface area contributed by atoms with E-state index in [9.17, 15) is 19.4 Å². The molecule has 2 N–H and O–H groups in total. The van der Waals surface area contributed by atoms with E-state index in [1.807, 2.05) is 0 Å². The summed E-state index contributed by atoms with van der Waals surface area (Å²) in [6.07, 6.45) is 1.98. The Bertz CT molecular complexity index is 1360. The van der Waals surface area contributed by atoms with Crippen LogP contribution in [0.3, 0.4) is 0 Å². The summed E-state index contributed by atoms with van der Waals surface area (Å²) in [6, 6.07) is 9.68. The van der Waals surface area contributed by atoms with E-state index in [2.05, 4.69) is 21.7 Å². The molecule has 6 nitrogen and oxygen atoms in total. The molecule has 4 rings (SSSR count). The van der Waals surface area contributed by atoms with Crippen molar-refractivity contribution in [2.24, 2.45) is 5.41 Å². The number of methoxy groups -OCH3 is 1. The predicted octanol–water partition coefficient (Wildman–Crippen LogP) is 5.72. The molecule has 2 aromatic carbocycles. The van der Waals surface area contributed by atoms with E-state index in [0.29, 0.717) is 71.7 Å². The number of benzene rings is 2. The molecule has 1 saturated heterocycles. The topological polar surface area (TPSA) is 82.9 Å². The third-order valence-electron chi connectivity index (χ3n) is 7.02. The molecular weight excluding hydrogens is 518 g/mol. The molecule has 194 valence electrons. The fraction of sp³-hybridized carbons (Fsp3) is 0.357. The first-order chi connectivity index (χ1) is 17.7. The van der Waals surface area contributed by atoms with Crippen molar-refractivity contribution in [3.63, 3.8) is 0 Å². The molecular formula is C28H27Cl2FN2O4. The lowest BCUT2D eigenvalue weighted by atomic mass is 9.74. The number of aliphatic hydroxyl groups is 1. The Kier molecular flexibility index (Phi) is 8.56.